The number of unbranched alkanes of at least 4 members (excludes halogenated alkanes) is 1. The number of rotatable bonds is 4. The Hall–Kier alpha value is -2.60. The van der Waals surface area contributed by atoms with Gasteiger partial charge in [0.25, 0.3) is 0 Å². The van der Waals surface area contributed by atoms with Crippen molar-refractivity contribution in [2.75, 3.05) is 0 Å². The molecule has 1 aromatic rings. The smallest absolute Gasteiger partial charge is 0.146 e. The van der Waals surface area contributed by atoms with Crippen LogP contribution in [0.15, 0.2) is 54.4 Å². The lowest BCUT2D eigenvalue weighted by Gasteiger charge is -2.38. The molecule has 0 radical (unpaired) electrons. The molecule has 0 amide bonds. The van der Waals surface area contributed by atoms with Crippen LogP contribution in [-0.2, 0) is 17.6 Å². The Kier molecular flexibility index (Phi) is 4.16. The van der Waals surface area contributed by atoms with Gasteiger partial charge in [0.1, 0.15) is 11.8 Å². The summed E-state index contributed by atoms with van der Waals surface area (Å²) in [6, 6.07) is 8.02. The predicted octanol–water partition coefficient (Wildman–Crippen LogP) is 3.66. The molecular formula is C20H20N2O. The molecule has 0 spiro atoms. The van der Waals surface area contributed by atoms with Gasteiger partial charge in [-0.05, 0) is 35.8 Å². The zero-order valence-corrected chi connectivity index (χ0v) is 13.3. The Morgan fingerprint density at radius 1 is 1.35 bits per heavy atom. The molecule has 23 heavy (non-hydrogen) atoms. The van der Waals surface area contributed by atoms with Crippen LogP contribution < -0.4 is 0 Å². The van der Waals surface area contributed by atoms with E-state index in [1.807, 2.05) is 36.6 Å². The van der Waals surface area contributed by atoms with Crippen LogP contribution in [0.2, 0.25) is 0 Å². The van der Waals surface area contributed by atoms with Crippen LogP contribution in [-0.4, -0.2) is 16.7 Å². The highest BCUT2D eigenvalue weighted by Crippen LogP contribution is 2.38. The summed E-state index contributed by atoms with van der Waals surface area (Å²) in [5.74, 6) is 0. The number of nitriles is 1. The molecule has 0 fully saturated rings. The van der Waals surface area contributed by atoms with Crippen molar-refractivity contribution in [3.63, 3.8) is 0 Å². The lowest BCUT2D eigenvalue weighted by atomic mass is 9.93. The van der Waals surface area contributed by atoms with Crippen molar-refractivity contribution in [2.45, 2.75) is 38.1 Å². The number of carbonyl (C=O) groups is 1. The Labute approximate surface area is 137 Å². The normalized spacial score (nSPS) is 23.8. The fourth-order valence-electron chi connectivity index (χ4n) is 3.44. The Morgan fingerprint density at radius 2 is 2.22 bits per heavy atom. The minimum atomic E-state index is -0.629. The van der Waals surface area contributed by atoms with Crippen LogP contribution >= 0.6 is 0 Å². The molecule has 3 rings (SSSR count). The number of hydrogen-bond donors (Lipinski definition) is 0. The van der Waals surface area contributed by atoms with Crippen molar-refractivity contribution >= 4 is 6.29 Å². The van der Waals surface area contributed by atoms with Gasteiger partial charge in [0.2, 0.25) is 0 Å². The molecule has 1 aliphatic carbocycles. The predicted molar refractivity (Wildman–Crippen MR) is 90.5 cm³/mol. The number of allylic oxidation sites excluding steroid dienone is 4. The SMILES string of the molecule is CCC/C=C1\C=CC=CN1C1(C=O)Cc2cccc(C#N)c2C1. The first-order valence-corrected chi connectivity index (χ1v) is 8.05. The van der Waals surface area contributed by atoms with E-state index in [4.69, 9.17) is 0 Å². The molecule has 0 saturated heterocycles. The number of carbonyl (C=O) groups excluding carboxylic acids is 1. The largest absolute Gasteiger partial charge is 0.335 e. The van der Waals surface area contributed by atoms with Gasteiger partial charge in [-0.2, -0.15) is 5.26 Å². The van der Waals surface area contributed by atoms with Crippen molar-refractivity contribution in [1.82, 2.24) is 4.90 Å². The van der Waals surface area contributed by atoms with Crippen LogP contribution in [0.5, 0.6) is 0 Å². The molecule has 1 aromatic carbocycles. The zero-order chi connectivity index (χ0) is 16.3. The first-order valence-electron chi connectivity index (χ1n) is 8.05. The molecule has 0 N–H and O–H groups in total. The quantitative estimate of drug-likeness (QED) is 0.797. The second-order valence-electron chi connectivity index (χ2n) is 6.12. The fraction of sp³-hybridized carbons (Fsp3) is 0.300. The van der Waals surface area contributed by atoms with E-state index in [9.17, 15) is 10.1 Å². The van der Waals surface area contributed by atoms with Crippen molar-refractivity contribution in [1.29, 1.82) is 5.26 Å². The van der Waals surface area contributed by atoms with Gasteiger partial charge in [-0.15, -0.1) is 0 Å². The maximum atomic E-state index is 12.1. The molecular weight excluding hydrogens is 284 g/mol. The summed E-state index contributed by atoms with van der Waals surface area (Å²) in [5, 5.41) is 9.33. The summed E-state index contributed by atoms with van der Waals surface area (Å²) in [7, 11) is 0. The van der Waals surface area contributed by atoms with Crippen LogP contribution in [0.3, 0.4) is 0 Å². The summed E-state index contributed by atoms with van der Waals surface area (Å²) in [5.41, 5.74) is 3.24. The Morgan fingerprint density at radius 3 is 2.96 bits per heavy atom. The van der Waals surface area contributed by atoms with Crippen molar-refractivity contribution in [2.24, 2.45) is 0 Å². The lowest BCUT2D eigenvalue weighted by Crippen LogP contribution is -2.48. The average molecular weight is 304 g/mol. The third kappa shape index (κ3) is 2.61. The molecule has 3 nitrogen and oxygen atoms in total. The van der Waals surface area contributed by atoms with E-state index < -0.39 is 5.54 Å². The average Bonchev–Trinajstić information content (AvgIpc) is 3.00. The van der Waals surface area contributed by atoms with E-state index >= 15 is 0 Å². The van der Waals surface area contributed by atoms with Gasteiger partial charge in [-0.1, -0.05) is 37.6 Å². The molecule has 2 aliphatic rings. The maximum Gasteiger partial charge on any atom is 0.146 e. The van der Waals surface area contributed by atoms with Crippen LogP contribution in [0.25, 0.3) is 0 Å². The van der Waals surface area contributed by atoms with Crippen LogP contribution in [0.4, 0.5) is 0 Å². The highest BCUT2D eigenvalue weighted by atomic mass is 16.1. The van der Waals surface area contributed by atoms with E-state index in [0.717, 1.165) is 36.0 Å². The third-order valence-electron chi connectivity index (χ3n) is 4.61. The summed E-state index contributed by atoms with van der Waals surface area (Å²) in [4.78, 5) is 14.2. The molecule has 1 unspecified atom stereocenters. The van der Waals surface area contributed by atoms with Crippen molar-refractivity contribution in [3.8, 4) is 6.07 Å². The van der Waals surface area contributed by atoms with Gasteiger partial charge in [0, 0.05) is 24.7 Å². The number of hydrogen-bond acceptors (Lipinski definition) is 3. The third-order valence-corrected chi connectivity index (χ3v) is 4.61. The molecule has 116 valence electrons. The second kappa shape index (κ2) is 6.26. The molecule has 3 heteroatoms. The highest BCUT2D eigenvalue weighted by Gasteiger charge is 2.43. The van der Waals surface area contributed by atoms with Gasteiger partial charge in [-0.3, -0.25) is 0 Å². The van der Waals surface area contributed by atoms with E-state index in [1.54, 1.807) is 0 Å². The first-order chi connectivity index (χ1) is 11.2. The van der Waals surface area contributed by atoms with Crippen molar-refractivity contribution in [3.05, 3.63) is 71.1 Å². The number of fused-ring (bicyclic) bond motifs is 1. The molecule has 1 atom stereocenters. The van der Waals surface area contributed by atoms with E-state index in [1.165, 1.54) is 0 Å². The van der Waals surface area contributed by atoms with Gasteiger partial charge in [0.05, 0.1) is 11.6 Å². The fourth-order valence-corrected chi connectivity index (χ4v) is 3.44. The summed E-state index contributed by atoms with van der Waals surface area (Å²) >= 11 is 0. The van der Waals surface area contributed by atoms with Gasteiger partial charge in [-0.25, -0.2) is 0 Å². The monoisotopic (exact) mass is 304 g/mol. The molecule has 1 aliphatic heterocycles. The topological polar surface area (TPSA) is 44.1 Å². The molecule has 0 saturated carbocycles. The van der Waals surface area contributed by atoms with Crippen LogP contribution in [0, 0.1) is 11.3 Å². The minimum absolute atomic E-state index is 0.581. The van der Waals surface area contributed by atoms with E-state index in [0.29, 0.717) is 18.4 Å². The van der Waals surface area contributed by atoms with Gasteiger partial charge in [0.15, 0.2) is 0 Å². The Bertz CT molecular complexity index is 751. The van der Waals surface area contributed by atoms with Crippen LogP contribution in [0.1, 0.15) is 36.5 Å². The van der Waals surface area contributed by atoms with Crippen molar-refractivity contribution < 1.29 is 4.79 Å². The molecule has 0 aromatic heterocycles. The van der Waals surface area contributed by atoms with Gasteiger partial charge < -0.3 is 9.69 Å². The Balaban J connectivity index is 2.01. The van der Waals surface area contributed by atoms with Gasteiger partial charge >= 0.3 is 0 Å². The summed E-state index contributed by atoms with van der Waals surface area (Å²) in [6.45, 7) is 2.14. The van der Waals surface area contributed by atoms with E-state index in [-0.39, 0.29) is 0 Å². The second-order valence-corrected chi connectivity index (χ2v) is 6.12. The lowest BCUT2D eigenvalue weighted by molar-refractivity contribution is -0.115. The molecule has 0 bridgehead atoms. The first kappa shape index (κ1) is 15.3. The number of benzene rings is 1. The van der Waals surface area contributed by atoms with E-state index in [2.05, 4.69) is 30.0 Å². The minimum Gasteiger partial charge on any atom is -0.335 e. The maximum absolute atomic E-state index is 12.1. The zero-order valence-electron chi connectivity index (χ0n) is 13.3. The molecule has 1 heterocycles. The highest BCUT2D eigenvalue weighted by molar-refractivity contribution is 5.71. The standard InChI is InChI=1S/C20H20N2O/c1-2-3-9-18-10-4-5-11-22(18)20(15-23)12-16-7-6-8-17(14-21)19(16)13-20/h4-11,15H,2-3,12-13H2,1H3/b18-9+. The number of nitrogens with zero attached hydrogens (tertiary/aromatic N) is 2. The number of aldehydes is 1. The summed E-state index contributed by atoms with van der Waals surface area (Å²) in [6.07, 6.45) is 14.5. The summed E-state index contributed by atoms with van der Waals surface area (Å²) < 4.78 is 0.